The van der Waals surface area contributed by atoms with Crippen LogP contribution in [-0.4, -0.2) is 34.6 Å². The molecule has 3 aromatic carbocycles. The molecule has 1 N–H and O–H groups in total. The van der Waals surface area contributed by atoms with Crippen molar-refractivity contribution in [2.24, 2.45) is 0 Å². The number of para-hydroxylation sites is 2. The molecule has 1 saturated heterocycles. The van der Waals surface area contributed by atoms with Gasteiger partial charge in [0.15, 0.2) is 0 Å². The molecule has 1 fully saturated rings. The van der Waals surface area contributed by atoms with Crippen molar-refractivity contribution in [2.75, 3.05) is 40.7 Å². The topological polar surface area (TPSA) is 52.7 Å². The van der Waals surface area contributed by atoms with Crippen LogP contribution < -0.4 is 14.5 Å². The SMILES string of the molecule is Cc1ccc(S(=O)(=O)Nc2ccccc2N2CCN(c3ccc(Cl)cc3)CC2)cc1. The first-order chi connectivity index (χ1) is 14.4. The predicted octanol–water partition coefficient (Wildman–Crippen LogP) is 4.78. The van der Waals surface area contributed by atoms with Crippen molar-refractivity contribution in [3.63, 3.8) is 0 Å². The molecule has 7 heteroatoms. The zero-order valence-electron chi connectivity index (χ0n) is 16.8. The average molecular weight is 442 g/mol. The summed E-state index contributed by atoms with van der Waals surface area (Å²) >= 11 is 5.99. The molecule has 1 heterocycles. The summed E-state index contributed by atoms with van der Waals surface area (Å²) in [5.74, 6) is 0. The first-order valence-corrected chi connectivity index (χ1v) is 11.7. The molecular formula is C23H24ClN3O2S. The molecule has 0 radical (unpaired) electrons. The third kappa shape index (κ3) is 4.55. The van der Waals surface area contributed by atoms with E-state index in [0.717, 1.165) is 48.1 Å². The molecule has 30 heavy (non-hydrogen) atoms. The molecule has 4 rings (SSSR count). The number of rotatable bonds is 5. The molecule has 3 aromatic rings. The minimum atomic E-state index is -3.65. The molecule has 0 spiro atoms. The third-order valence-corrected chi connectivity index (χ3v) is 6.93. The number of anilines is 3. The maximum Gasteiger partial charge on any atom is 0.261 e. The van der Waals surface area contributed by atoms with Gasteiger partial charge in [-0.3, -0.25) is 4.72 Å². The van der Waals surface area contributed by atoms with Crippen molar-refractivity contribution < 1.29 is 8.42 Å². The summed E-state index contributed by atoms with van der Waals surface area (Å²) in [5, 5.41) is 0.729. The van der Waals surface area contributed by atoms with E-state index in [1.807, 2.05) is 55.5 Å². The normalized spacial score (nSPS) is 14.6. The molecule has 0 atom stereocenters. The molecule has 0 amide bonds. The second-order valence-electron chi connectivity index (χ2n) is 7.39. The number of nitrogens with one attached hydrogen (secondary N) is 1. The fourth-order valence-corrected chi connectivity index (χ4v) is 4.81. The monoisotopic (exact) mass is 441 g/mol. The number of sulfonamides is 1. The highest BCUT2D eigenvalue weighted by Gasteiger charge is 2.22. The van der Waals surface area contributed by atoms with E-state index in [-0.39, 0.29) is 4.90 Å². The van der Waals surface area contributed by atoms with Crippen molar-refractivity contribution >= 4 is 38.7 Å². The van der Waals surface area contributed by atoms with E-state index in [2.05, 4.69) is 14.5 Å². The Bertz CT molecular complexity index is 1110. The lowest BCUT2D eigenvalue weighted by Crippen LogP contribution is -2.46. The van der Waals surface area contributed by atoms with E-state index in [4.69, 9.17) is 11.6 Å². The summed E-state index contributed by atoms with van der Waals surface area (Å²) in [5.41, 5.74) is 3.65. The Morgan fingerprint density at radius 1 is 0.800 bits per heavy atom. The second kappa shape index (κ2) is 8.58. The van der Waals surface area contributed by atoms with Gasteiger partial charge in [-0.15, -0.1) is 0 Å². The molecule has 0 aliphatic carbocycles. The van der Waals surface area contributed by atoms with Crippen LogP contribution in [0.3, 0.4) is 0 Å². The summed E-state index contributed by atoms with van der Waals surface area (Å²) in [4.78, 5) is 4.79. The summed E-state index contributed by atoms with van der Waals surface area (Å²) in [6.07, 6.45) is 0. The van der Waals surface area contributed by atoms with E-state index in [9.17, 15) is 8.42 Å². The summed E-state index contributed by atoms with van der Waals surface area (Å²) in [6.45, 7) is 5.22. The van der Waals surface area contributed by atoms with Crippen molar-refractivity contribution in [3.8, 4) is 0 Å². The highest BCUT2D eigenvalue weighted by atomic mass is 35.5. The minimum Gasteiger partial charge on any atom is -0.368 e. The minimum absolute atomic E-state index is 0.260. The van der Waals surface area contributed by atoms with Crippen LogP contribution in [0.25, 0.3) is 0 Å². The third-order valence-electron chi connectivity index (χ3n) is 5.29. The van der Waals surface area contributed by atoms with Gasteiger partial charge in [-0.2, -0.15) is 0 Å². The molecule has 5 nitrogen and oxygen atoms in total. The zero-order chi connectivity index (χ0) is 21.1. The Kier molecular flexibility index (Phi) is 5.88. The van der Waals surface area contributed by atoms with E-state index >= 15 is 0 Å². The highest BCUT2D eigenvalue weighted by molar-refractivity contribution is 7.92. The molecule has 0 unspecified atom stereocenters. The lowest BCUT2D eigenvalue weighted by molar-refractivity contribution is 0.601. The number of hydrogen-bond acceptors (Lipinski definition) is 4. The fraction of sp³-hybridized carbons (Fsp3) is 0.217. The number of piperazine rings is 1. The number of halogens is 1. The van der Waals surface area contributed by atoms with E-state index < -0.39 is 10.0 Å². The zero-order valence-corrected chi connectivity index (χ0v) is 18.3. The predicted molar refractivity (Wildman–Crippen MR) is 124 cm³/mol. The molecule has 0 aromatic heterocycles. The van der Waals surface area contributed by atoms with Crippen molar-refractivity contribution in [3.05, 3.63) is 83.4 Å². The largest absolute Gasteiger partial charge is 0.368 e. The molecule has 0 bridgehead atoms. The standard InChI is InChI=1S/C23H24ClN3O2S/c1-18-6-12-21(13-7-18)30(28,29)25-22-4-2-3-5-23(22)27-16-14-26(15-17-27)20-10-8-19(24)9-11-20/h2-13,25H,14-17H2,1H3. The van der Waals surface area contributed by atoms with Gasteiger partial charge in [0, 0.05) is 36.9 Å². The Morgan fingerprint density at radius 2 is 1.40 bits per heavy atom. The van der Waals surface area contributed by atoms with Gasteiger partial charge in [-0.1, -0.05) is 41.4 Å². The Morgan fingerprint density at radius 3 is 2.07 bits per heavy atom. The van der Waals surface area contributed by atoms with Gasteiger partial charge < -0.3 is 9.80 Å². The number of benzene rings is 3. The maximum atomic E-state index is 12.9. The van der Waals surface area contributed by atoms with Crippen LogP contribution in [0.5, 0.6) is 0 Å². The summed E-state index contributed by atoms with van der Waals surface area (Å²) in [6, 6.07) is 22.3. The molecule has 156 valence electrons. The first kappa shape index (κ1) is 20.6. The lowest BCUT2D eigenvalue weighted by Gasteiger charge is -2.38. The van der Waals surface area contributed by atoms with Crippen LogP contribution in [0, 0.1) is 6.92 Å². The van der Waals surface area contributed by atoms with E-state index in [1.54, 1.807) is 24.3 Å². The maximum absolute atomic E-state index is 12.9. The van der Waals surface area contributed by atoms with Gasteiger partial charge in [0.1, 0.15) is 0 Å². The van der Waals surface area contributed by atoms with Gasteiger partial charge in [-0.25, -0.2) is 8.42 Å². The van der Waals surface area contributed by atoms with Crippen molar-refractivity contribution in [1.29, 1.82) is 0 Å². The van der Waals surface area contributed by atoms with E-state index in [0.29, 0.717) is 5.69 Å². The van der Waals surface area contributed by atoms with Gasteiger partial charge in [-0.05, 0) is 55.5 Å². The number of hydrogen-bond donors (Lipinski definition) is 1. The van der Waals surface area contributed by atoms with E-state index in [1.165, 1.54) is 0 Å². The fourth-order valence-electron chi connectivity index (χ4n) is 3.61. The first-order valence-electron chi connectivity index (χ1n) is 9.86. The van der Waals surface area contributed by atoms with Crippen LogP contribution in [0.1, 0.15) is 5.56 Å². The number of nitrogens with zero attached hydrogens (tertiary/aromatic N) is 2. The van der Waals surface area contributed by atoms with Crippen LogP contribution >= 0.6 is 11.6 Å². The highest BCUT2D eigenvalue weighted by Crippen LogP contribution is 2.30. The molecule has 1 aliphatic heterocycles. The van der Waals surface area contributed by atoms with Crippen molar-refractivity contribution in [1.82, 2.24) is 0 Å². The van der Waals surface area contributed by atoms with Gasteiger partial charge >= 0.3 is 0 Å². The average Bonchev–Trinajstić information content (AvgIpc) is 2.75. The van der Waals surface area contributed by atoms with Gasteiger partial charge in [0.25, 0.3) is 10.0 Å². The van der Waals surface area contributed by atoms with Crippen molar-refractivity contribution in [2.45, 2.75) is 11.8 Å². The van der Waals surface area contributed by atoms with Crippen LogP contribution in [0.2, 0.25) is 5.02 Å². The Balaban J connectivity index is 1.50. The Labute approximate surface area is 182 Å². The Hall–Kier alpha value is -2.70. The molecular weight excluding hydrogens is 418 g/mol. The summed E-state index contributed by atoms with van der Waals surface area (Å²) < 4.78 is 28.5. The quantitative estimate of drug-likeness (QED) is 0.619. The number of aryl methyl sites for hydroxylation is 1. The van der Waals surface area contributed by atoms with Gasteiger partial charge in [0.05, 0.1) is 16.3 Å². The second-order valence-corrected chi connectivity index (χ2v) is 9.51. The lowest BCUT2D eigenvalue weighted by atomic mass is 10.2. The van der Waals surface area contributed by atoms with Crippen LogP contribution in [-0.2, 0) is 10.0 Å². The smallest absolute Gasteiger partial charge is 0.261 e. The van der Waals surface area contributed by atoms with Gasteiger partial charge in [0.2, 0.25) is 0 Å². The van der Waals surface area contributed by atoms with Crippen LogP contribution in [0.4, 0.5) is 17.1 Å². The molecule has 0 saturated carbocycles. The summed E-state index contributed by atoms with van der Waals surface area (Å²) in [7, 11) is -3.65. The van der Waals surface area contributed by atoms with Crippen LogP contribution in [0.15, 0.2) is 77.7 Å². The molecule has 1 aliphatic rings.